The third-order valence-corrected chi connectivity index (χ3v) is 5.32. The molecule has 0 aliphatic rings. The first-order valence-electron chi connectivity index (χ1n) is 12.3. The van der Waals surface area contributed by atoms with Crippen molar-refractivity contribution >= 4 is 46.5 Å². The Kier molecular flexibility index (Phi) is 10.3. The van der Waals surface area contributed by atoms with Crippen molar-refractivity contribution in [2.75, 3.05) is 48.3 Å². The van der Waals surface area contributed by atoms with Crippen LogP contribution < -0.4 is 30.3 Å². The van der Waals surface area contributed by atoms with Crippen molar-refractivity contribution in [1.29, 1.82) is 0 Å². The molecule has 0 aliphatic heterocycles. The Bertz CT molecular complexity index is 1240. The summed E-state index contributed by atoms with van der Waals surface area (Å²) in [6.07, 6.45) is 0. The molecular formula is C28H30N4O8. The van der Waals surface area contributed by atoms with Gasteiger partial charge in [0.1, 0.15) is 11.5 Å². The van der Waals surface area contributed by atoms with Gasteiger partial charge in [0, 0.05) is 6.07 Å². The van der Waals surface area contributed by atoms with Gasteiger partial charge in [0.25, 0.3) is 0 Å². The van der Waals surface area contributed by atoms with Crippen LogP contribution in [-0.2, 0) is 28.7 Å². The third-order valence-electron chi connectivity index (χ3n) is 5.32. The molecule has 0 saturated heterocycles. The number of amides is 2. The van der Waals surface area contributed by atoms with Crippen LogP contribution in [-0.4, -0.2) is 51.2 Å². The summed E-state index contributed by atoms with van der Waals surface area (Å²) in [5.74, 6) is -3.63. The zero-order chi connectivity index (χ0) is 29.1. The van der Waals surface area contributed by atoms with Gasteiger partial charge in [-0.2, -0.15) is 0 Å². The quantitative estimate of drug-likeness (QED) is 0.219. The maximum Gasteiger partial charge on any atom is 0.399 e. The van der Waals surface area contributed by atoms with Crippen molar-refractivity contribution in [3.05, 3.63) is 72.8 Å². The molecule has 3 aromatic rings. The number of esters is 2. The number of ether oxygens (including phenoxy) is 4. The monoisotopic (exact) mass is 550 g/mol. The summed E-state index contributed by atoms with van der Waals surface area (Å²) in [5.41, 5.74) is 6.91. The van der Waals surface area contributed by atoms with Crippen molar-refractivity contribution in [3.63, 3.8) is 0 Å². The van der Waals surface area contributed by atoms with Crippen LogP contribution in [0.5, 0.6) is 11.5 Å². The Morgan fingerprint density at radius 3 is 1.32 bits per heavy atom. The Morgan fingerprint density at radius 2 is 1.00 bits per heavy atom. The Labute approximate surface area is 231 Å². The second-order valence-corrected chi connectivity index (χ2v) is 7.87. The van der Waals surface area contributed by atoms with Gasteiger partial charge in [0.15, 0.2) is 0 Å². The average molecular weight is 551 g/mol. The number of carbonyl (C=O) groups is 4. The van der Waals surface area contributed by atoms with Crippen LogP contribution in [0, 0.1) is 0 Å². The summed E-state index contributed by atoms with van der Waals surface area (Å²) in [7, 11) is 2.82. The fraction of sp³-hybridized carbons (Fsp3) is 0.214. The van der Waals surface area contributed by atoms with Gasteiger partial charge in [0.05, 0.1) is 50.2 Å². The van der Waals surface area contributed by atoms with Crippen LogP contribution in [0.4, 0.5) is 22.7 Å². The number of rotatable bonds is 10. The van der Waals surface area contributed by atoms with Gasteiger partial charge in [-0.05, 0) is 44.2 Å². The van der Waals surface area contributed by atoms with E-state index in [9.17, 15) is 19.2 Å². The zero-order valence-corrected chi connectivity index (χ0v) is 22.5. The zero-order valence-electron chi connectivity index (χ0n) is 22.5. The molecule has 0 radical (unpaired) electrons. The molecule has 3 rings (SSSR count). The largest absolute Gasteiger partial charge is 0.494 e. The minimum atomic E-state index is -1.07. The first-order valence-corrected chi connectivity index (χ1v) is 12.3. The molecular weight excluding hydrogens is 520 g/mol. The number of hydrogen-bond donors (Lipinski definition) is 2. The minimum absolute atomic E-state index is 0.0109. The molecule has 2 amide bonds. The van der Waals surface area contributed by atoms with Crippen LogP contribution in [0.15, 0.2) is 72.8 Å². The smallest absolute Gasteiger partial charge is 0.399 e. The van der Waals surface area contributed by atoms with E-state index in [0.717, 1.165) is 10.0 Å². The molecule has 0 aliphatic carbocycles. The van der Waals surface area contributed by atoms with Gasteiger partial charge in [-0.1, -0.05) is 36.4 Å². The topological polar surface area (TPSA) is 136 Å². The lowest BCUT2D eigenvalue weighted by molar-refractivity contribution is -0.153. The highest BCUT2D eigenvalue weighted by molar-refractivity contribution is 6.39. The van der Waals surface area contributed by atoms with Gasteiger partial charge in [-0.15, -0.1) is 0 Å². The molecule has 0 aromatic heterocycles. The first kappa shape index (κ1) is 29.3. The van der Waals surface area contributed by atoms with Crippen molar-refractivity contribution in [2.45, 2.75) is 13.8 Å². The average Bonchev–Trinajstić information content (AvgIpc) is 2.99. The molecule has 0 atom stereocenters. The normalized spacial score (nSPS) is 10.1. The van der Waals surface area contributed by atoms with Crippen LogP contribution >= 0.6 is 0 Å². The summed E-state index contributed by atoms with van der Waals surface area (Å²) in [6, 6.07) is 19.8. The van der Waals surface area contributed by atoms with E-state index in [1.165, 1.54) is 26.4 Å². The van der Waals surface area contributed by atoms with E-state index in [1.54, 1.807) is 74.5 Å². The summed E-state index contributed by atoms with van der Waals surface area (Å²) in [4.78, 5) is 50.8. The molecule has 12 nitrogen and oxygen atoms in total. The molecule has 0 bridgehead atoms. The van der Waals surface area contributed by atoms with Crippen molar-refractivity contribution in [2.24, 2.45) is 0 Å². The Hall–Kier alpha value is -5.26. The number of para-hydroxylation sites is 2. The van der Waals surface area contributed by atoms with Crippen molar-refractivity contribution in [3.8, 4) is 11.5 Å². The van der Waals surface area contributed by atoms with Crippen molar-refractivity contribution < 1.29 is 38.1 Å². The molecule has 0 unspecified atom stereocenters. The van der Waals surface area contributed by atoms with E-state index in [0.29, 0.717) is 11.4 Å². The van der Waals surface area contributed by atoms with Crippen LogP contribution in [0.2, 0.25) is 0 Å². The summed E-state index contributed by atoms with van der Waals surface area (Å²) in [6.45, 7) is 3.20. The molecule has 0 saturated carbocycles. The summed E-state index contributed by atoms with van der Waals surface area (Å²) >= 11 is 0. The van der Waals surface area contributed by atoms with Crippen molar-refractivity contribution in [1.82, 2.24) is 0 Å². The molecule has 12 heteroatoms. The number of benzene rings is 3. The maximum atomic E-state index is 13.0. The summed E-state index contributed by atoms with van der Waals surface area (Å²) < 4.78 is 20.8. The highest BCUT2D eigenvalue weighted by atomic mass is 16.5. The number of methoxy groups -OCH3 is 2. The number of nitrogens with zero attached hydrogens (tertiary/aromatic N) is 2. The van der Waals surface area contributed by atoms with E-state index in [-0.39, 0.29) is 36.1 Å². The van der Waals surface area contributed by atoms with Gasteiger partial charge < -0.3 is 18.9 Å². The van der Waals surface area contributed by atoms with Gasteiger partial charge in [0.2, 0.25) is 0 Å². The SMILES string of the molecule is CCOC(=O)C(=O)N(Nc1cc(NN(C(=O)C(=O)OCC)c2ccccc2)c(OC)cc1OC)c1ccccc1. The molecule has 0 heterocycles. The predicted molar refractivity (Wildman–Crippen MR) is 148 cm³/mol. The fourth-order valence-electron chi connectivity index (χ4n) is 3.50. The summed E-state index contributed by atoms with van der Waals surface area (Å²) in [5, 5.41) is 2.01. The molecule has 3 aromatic carbocycles. The second-order valence-electron chi connectivity index (χ2n) is 7.87. The van der Waals surface area contributed by atoms with Gasteiger partial charge in [-0.25, -0.2) is 19.6 Å². The number of anilines is 4. The number of hydrogen-bond acceptors (Lipinski definition) is 10. The highest BCUT2D eigenvalue weighted by Gasteiger charge is 2.29. The van der Waals surface area contributed by atoms with Crippen LogP contribution in [0.25, 0.3) is 0 Å². The van der Waals surface area contributed by atoms with Crippen LogP contribution in [0.1, 0.15) is 13.8 Å². The number of hydrazine groups is 2. The van der Waals surface area contributed by atoms with E-state index >= 15 is 0 Å². The molecule has 40 heavy (non-hydrogen) atoms. The van der Waals surface area contributed by atoms with Crippen LogP contribution in [0.3, 0.4) is 0 Å². The lowest BCUT2D eigenvalue weighted by Crippen LogP contribution is -2.42. The second kappa shape index (κ2) is 14.0. The van der Waals surface area contributed by atoms with E-state index in [1.807, 2.05) is 0 Å². The third kappa shape index (κ3) is 6.98. The molecule has 0 fully saturated rings. The van der Waals surface area contributed by atoms with E-state index in [2.05, 4.69) is 10.9 Å². The highest BCUT2D eigenvalue weighted by Crippen LogP contribution is 2.38. The first-order chi connectivity index (χ1) is 19.3. The fourth-order valence-corrected chi connectivity index (χ4v) is 3.50. The minimum Gasteiger partial charge on any atom is -0.494 e. The van der Waals surface area contributed by atoms with E-state index in [4.69, 9.17) is 18.9 Å². The van der Waals surface area contributed by atoms with Gasteiger partial charge >= 0.3 is 23.8 Å². The lowest BCUT2D eigenvalue weighted by Gasteiger charge is -2.27. The molecule has 210 valence electrons. The number of nitrogens with one attached hydrogen (secondary N) is 2. The lowest BCUT2D eigenvalue weighted by atomic mass is 10.2. The standard InChI is InChI=1S/C28H30N4O8/c1-5-39-27(35)25(33)31(19-13-9-7-10-14-19)29-21-17-22(24(38-4)18-23(21)37-3)30-32(20-15-11-8-12-16-20)26(34)28(36)40-6-2/h7-18,29-30H,5-6H2,1-4H3. The molecule has 0 spiro atoms. The maximum absolute atomic E-state index is 13.0. The predicted octanol–water partition coefficient (Wildman–Crippen LogP) is 3.55. The van der Waals surface area contributed by atoms with Gasteiger partial charge in [-0.3, -0.25) is 20.4 Å². The Morgan fingerprint density at radius 1 is 0.625 bits per heavy atom. The Balaban J connectivity index is 2.08. The number of carbonyl (C=O) groups excluding carboxylic acids is 4. The molecule has 2 N–H and O–H groups in total. The van der Waals surface area contributed by atoms with E-state index < -0.39 is 23.8 Å².